The number of carbonyl (C=O) groups excluding carboxylic acids is 2. The van der Waals surface area contributed by atoms with Crippen LogP contribution in [0.15, 0.2) is 18.2 Å². The first-order valence-corrected chi connectivity index (χ1v) is 6.15. The molecule has 5 nitrogen and oxygen atoms in total. The van der Waals surface area contributed by atoms with Crippen LogP contribution in [0.3, 0.4) is 0 Å². The average Bonchev–Trinajstić information content (AvgIpc) is 2.40. The minimum atomic E-state index is -0.671. The van der Waals surface area contributed by atoms with Crippen molar-refractivity contribution < 1.29 is 9.59 Å². The van der Waals surface area contributed by atoms with Gasteiger partial charge < -0.3 is 16.0 Å². The highest BCUT2D eigenvalue weighted by Gasteiger charge is 2.25. The first-order valence-electron chi connectivity index (χ1n) is 6.15. The standard InChI is InChI=1S/C14H21N3O2/c1-9-10(12(18)15-4)7-6-8-11(9)17-13(19)14(2,3)16-5/h6-8,16H,1-5H3,(H,15,18)(H,17,19). The van der Waals surface area contributed by atoms with Gasteiger partial charge in [0.1, 0.15) is 0 Å². The molecule has 5 heteroatoms. The molecular weight excluding hydrogens is 242 g/mol. The van der Waals surface area contributed by atoms with E-state index in [1.165, 1.54) is 0 Å². The van der Waals surface area contributed by atoms with Gasteiger partial charge in [-0.3, -0.25) is 9.59 Å². The predicted molar refractivity (Wildman–Crippen MR) is 76.3 cm³/mol. The summed E-state index contributed by atoms with van der Waals surface area (Å²) in [6.45, 7) is 5.40. The van der Waals surface area contributed by atoms with Crippen LogP contribution < -0.4 is 16.0 Å². The van der Waals surface area contributed by atoms with Crippen molar-refractivity contribution in [1.82, 2.24) is 10.6 Å². The van der Waals surface area contributed by atoms with Gasteiger partial charge in [-0.1, -0.05) is 6.07 Å². The second-order valence-corrected chi connectivity index (χ2v) is 4.89. The number of likely N-dealkylation sites (N-methyl/N-ethyl adjacent to an activating group) is 1. The number of hydrogen-bond donors (Lipinski definition) is 3. The minimum absolute atomic E-state index is 0.146. The zero-order valence-corrected chi connectivity index (χ0v) is 12.0. The maximum Gasteiger partial charge on any atom is 0.251 e. The number of anilines is 1. The van der Waals surface area contributed by atoms with Crippen molar-refractivity contribution in [3.8, 4) is 0 Å². The van der Waals surface area contributed by atoms with Crippen molar-refractivity contribution in [3.63, 3.8) is 0 Å². The van der Waals surface area contributed by atoms with E-state index < -0.39 is 5.54 Å². The van der Waals surface area contributed by atoms with E-state index in [1.807, 2.05) is 6.92 Å². The number of nitrogens with one attached hydrogen (secondary N) is 3. The lowest BCUT2D eigenvalue weighted by atomic mass is 10.0. The first kappa shape index (κ1) is 15.2. The maximum atomic E-state index is 12.1. The first-order chi connectivity index (χ1) is 8.83. The van der Waals surface area contributed by atoms with Crippen LogP contribution in [0.5, 0.6) is 0 Å². The fourth-order valence-electron chi connectivity index (χ4n) is 1.54. The van der Waals surface area contributed by atoms with Crippen LogP contribution in [0.2, 0.25) is 0 Å². The molecule has 0 saturated carbocycles. The van der Waals surface area contributed by atoms with Crippen LogP contribution in [-0.4, -0.2) is 31.4 Å². The highest BCUT2D eigenvalue weighted by atomic mass is 16.2. The lowest BCUT2D eigenvalue weighted by Gasteiger charge is -2.23. The van der Waals surface area contributed by atoms with E-state index in [4.69, 9.17) is 0 Å². The molecule has 0 aliphatic carbocycles. The molecule has 0 aliphatic heterocycles. The summed E-state index contributed by atoms with van der Waals surface area (Å²) in [7, 11) is 3.31. The summed E-state index contributed by atoms with van der Waals surface area (Å²) in [5, 5.41) is 8.36. The molecule has 0 aromatic heterocycles. The largest absolute Gasteiger partial charge is 0.355 e. The predicted octanol–water partition coefficient (Wildman–Crippen LogP) is 1.29. The van der Waals surface area contributed by atoms with E-state index in [0.717, 1.165) is 5.56 Å². The number of benzene rings is 1. The molecular formula is C14H21N3O2. The van der Waals surface area contributed by atoms with Gasteiger partial charge in [-0.05, 0) is 45.5 Å². The number of hydrogen-bond acceptors (Lipinski definition) is 3. The Bertz CT molecular complexity index is 495. The van der Waals surface area contributed by atoms with Crippen molar-refractivity contribution in [1.29, 1.82) is 0 Å². The van der Waals surface area contributed by atoms with Crippen LogP contribution in [-0.2, 0) is 4.79 Å². The Morgan fingerprint density at radius 1 is 1.16 bits per heavy atom. The number of rotatable bonds is 4. The molecule has 0 saturated heterocycles. The van der Waals surface area contributed by atoms with Gasteiger partial charge in [0.15, 0.2) is 0 Å². The number of carbonyl (C=O) groups is 2. The average molecular weight is 263 g/mol. The third kappa shape index (κ3) is 3.32. The molecule has 3 N–H and O–H groups in total. The highest BCUT2D eigenvalue weighted by Crippen LogP contribution is 2.20. The van der Waals surface area contributed by atoms with Gasteiger partial charge in [-0.25, -0.2) is 0 Å². The highest BCUT2D eigenvalue weighted by molar-refractivity contribution is 6.01. The van der Waals surface area contributed by atoms with Crippen molar-refractivity contribution >= 4 is 17.5 Å². The molecule has 0 spiro atoms. The molecule has 0 radical (unpaired) electrons. The molecule has 0 heterocycles. The van der Waals surface area contributed by atoms with Gasteiger partial charge in [-0.2, -0.15) is 0 Å². The third-order valence-electron chi connectivity index (χ3n) is 3.25. The zero-order valence-electron chi connectivity index (χ0n) is 12.0. The van der Waals surface area contributed by atoms with Gasteiger partial charge in [-0.15, -0.1) is 0 Å². The lowest BCUT2D eigenvalue weighted by Crippen LogP contribution is -2.48. The Kier molecular flexibility index (Phi) is 4.67. The Morgan fingerprint density at radius 3 is 2.32 bits per heavy atom. The van der Waals surface area contributed by atoms with Crippen molar-refractivity contribution in [3.05, 3.63) is 29.3 Å². The zero-order chi connectivity index (χ0) is 14.6. The molecule has 1 aromatic rings. The van der Waals surface area contributed by atoms with E-state index in [-0.39, 0.29) is 11.8 Å². The van der Waals surface area contributed by atoms with E-state index in [9.17, 15) is 9.59 Å². The number of amides is 2. The molecule has 0 fully saturated rings. The fourth-order valence-corrected chi connectivity index (χ4v) is 1.54. The molecule has 2 amide bonds. The van der Waals surface area contributed by atoms with E-state index >= 15 is 0 Å². The maximum absolute atomic E-state index is 12.1. The third-order valence-corrected chi connectivity index (χ3v) is 3.25. The van der Waals surface area contributed by atoms with Crippen LogP contribution in [0.1, 0.15) is 29.8 Å². The van der Waals surface area contributed by atoms with Crippen molar-refractivity contribution in [2.45, 2.75) is 26.3 Å². The van der Waals surface area contributed by atoms with Gasteiger partial charge in [0, 0.05) is 18.3 Å². The van der Waals surface area contributed by atoms with Gasteiger partial charge in [0.05, 0.1) is 5.54 Å². The minimum Gasteiger partial charge on any atom is -0.355 e. The monoisotopic (exact) mass is 263 g/mol. The summed E-state index contributed by atoms with van der Waals surface area (Å²) in [5.41, 5.74) is 1.29. The molecule has 0 bridgehead atoms. The van der Waals surface area contributed by atoms with Gasteiger partial charge in [0.2, 0.25) is 5.91 Å². The summed E-state index contributed by atoms with van der Waals surface area (Å²) < 4.78 is 0. The molecule has 19 heavy (non-hydrogen) atoms. The summed E-state index contributed by atoms with van der Waals surface area (Å²) >= 11 is 0. The van der Waals surface area contributed by atoms with E-state index in [0.29, 0.717) is 11.3 Å². The van der Waals surface area contributed by atoms with Crippen molar-refractivity contribution in [2.75, 3.05) is 19.4 Å². The second kappa shape index (κ2) is 5.84. The topological polar surface area (TPSA) is 70.2 Å². The van der Waals surface area contributed by atoms with Gasteiger partial charge in [0.25, 0.3) is 5.91 Å². The second-order valence-electron chi connectivity index (χ2n) is 4.89. The SMILES string of the molecule is CNC(=O)c1cccc(NC(=O)C(C)(C)NC)c1C. The Hall–Kier alpha value is -1.88. The van der Waals surface area contributed by atoms with E-state index in [2.05, 4.69) is 16.0 Å². The molecule has 0 atom stereocenters. The Morgan fingerprint density at radius 2 is 1.79 bits per heavy atom. The quantitative estimate of drug-likeness (QED) is 0.766. The Balaban J connectivity index is 3.04. The normalized spacial score (nSPS) is 11.0. The van der Waals surface area contributed by atoms with Crippen molar-refractivity contribution in [2.24, 2.45) is 0 Å². The lowest BCUT2D eigenvalue weighted by molar-refractivity contribution is -0.121. The Labute approximate surface area is 113 Å². The van der Waals surface area contributed by atoms with Crippen LogP contribution in [0.25, 0.3) is 0 Å². The summed E-state index contributed by atoms with van der Waals surface area (Å²) in [6, 6.07) is 5.26. The van der Waals surface area contributed by atoms with E-state index in [1.54, 1.807) is 46.1 Å². The van der Waals surface area contributed by atoms with Crippen LogP contribution in [0, 0.1) is 6.92 Å². The molecule has 1 rings (SSSR count). The van der Waals surface area contributed by atoms with Crippen LogP contribution >= 0.6 is 0 Å². The summed E-state index contributed by atoms with van der Waals surface area (Å²) in [4.78, 5) is 23.8. The molecule has 104 valence electrons. The molecule has 1 aromatic carbocycles. The van der Waals surface area contributed by atoms with Crippen LogP contribution in [0.4, 0.5) is 5.69 Å². The summed E-state index contributed by atoms with van der Waals surface area (Å²) in [5.74, 6) is -0.311. The molecule has 0 unspecified atom stereocenters. The summed E-state index contributed by atoms with van der Waals surface area (Å²) in [6.07, 6.45) is 0. The smallest absolute Gasteiger partial charge is 0.251 e. The molecule has 0 aliphatic rings. The van der Waals surface area contributed by atoms with Gasteiger partial charge >= 0.3 is 0 Å². The fraction of sp³-hybridized carbons (Fsp3) is 0.429.